The van der Waals surface area contributed by atoms with Gasteiger partial charge in [0.05, 0.1) is 12.3 Å². The molecule has 8 heteroatoms. The first-order chi connectivity index (χ1) is 12.0. The molecule has 2 rings (SSSR count). The summed E-state index contributed by atoms with van der Waals surface area (Å²) in [6.07, 6.45) is 11.6. The van der Waals surface area contributed by atoms with Crippen LogP contribution in [0.2, 0.25) is 0 Å². The lowest BCUT2D eigenvalue weighted by Crippen LogP contribution is -2.54. The summed E-state index contributed by atoms with van der Waals surface area (Å²) < 4.78 is 22.7. The third kappa shape index (κ3) is 7.88. The van der Waals surface area contributed by atoms with Gasteiger partial charge in [0.25, 0.3) is 0 Å². The van der Waals surface area contributed by atoms with Crippen LogP contribution < -0.4 is 10.6 Å². The molecule has 0 spiro atoms. The number of guanidine groups is 1. The van der Waals surface area contributed by atoms with Crippen LogP contribution in [0.25, 0.3) is 0 Å². The molecule has 0 aromatic carbocycles. The van der Waals surface area contributed by atoms with E-state index in [2.05, 4.69) is 15.5 Å². The van der Waals surface area contributed by atoms with Crippen LogP contribution >= 0.6 is 24.0 Å². The molecule has 0 bridgehead atoms. The fourth-order valence-corrected chi connectivity index (χ4v) is 4.55. The van der Waals surface area contributed by atoms with Crippen molar-refractivity contribution in [3.05, 3.63) is 0 Å². The molecule has 2 N–H and O–H groups in total. The summed E-state index contributed by atoms with van der Waals surface area (Å²) in [5, 5.41) is 6.43. The molecular formula is C18H37IN4O2S. The van der Waals surface area contributed by atoms with Gasteiger partial charge in [0, 0.05) is 24.9 Å². The standard InChI is InChI=1S/C18H36N4O2S.HI/c1-3-19-17(20-12-15-25(2,23)24)21-16-18(10-6-4-7-11-18)22-13-8-5-9-14-22;/h3-16H2,1-2H3,(H2,19,20,21);1H. The molecule has 1 aliphatic heterocycles. The van der Waals surface area contributed by atoms with Gasteiger partial charge in [0.15, 0.2) is 5.96 Å². The number of aliphatic imine (C=N–C) groups is 1. The highest BCUT2D eigenvalue weighted by Gasteiger charge is 2.38. The van der Waals surface area contributed by atoms with Gasteiger partial charge in [-0.1, -0.05) is 25.7 Å². The fourth-order valence-electron chi connectivity index (χ4n) is 4.08. The molecule has 0 amide bonds. The first-order valence-electron chi connectivity index (χ1n) is 9.90. The maximum Gasteiger partial charge on any atom is 0.191 e. The van der Waals surface area contributed by atoms with Gasteiger partial charge in [-0.3, -0.25) is 9.89 Å². The maximum atomic E-state index is 11.3. The van der Waals surface area contributed by atoms with Gasteiger partial charge in [0.1, 0.15) is 9.84 Å². The van der Waals surface area contributed by atoms with Crippen LogP contribution in [0.15, 0.2) is 4.99 Å². The SMILES string of the molecule is CCNC(=NCC1(N2CCCCC2)CCCCC1)NCCS(C)(=O)=O.I. The van der Waals surface area contributed by atoms with Gasteiger partial charge in [0.2, 0.25) is 0 Å². The molecule has 26 heavy (non-hydrogen) atoms. The number of hydrogen-bond donors (Lipinski definition) is 2. The van der Waals surface area contributed by atoms with Crippen molar-refractivity contribution in [2.45, 2.75) is 63.8 Å². The molecule has 0 atom stereocenters. The lowest BCUT2D eigenvalue weighted by molar-refractivity contribution is 0.0407. The third-order valence-corrected chi connectivity index (χ3v) is 6.40. The first kappa shape index (κ1) is 23.9. The summed E-state index contributed by atoms with van der Waals surface area (Å²) in [6, 6.07) is 0. The Labute approximate surface area is 176 Å². The van der Waals surface area contributed by atoms with Crippen LogP contribution in [0.3, 0.4) is 0 Å². The summed E-state index contributed by atoms with van der Waals surface area (Å²) in [4.78, 5) is 7.56. The normalized spacial score (nSPS) is 21.7. The molecule has 154 valence electrons. The molecular weight excluding hydrogens is 463 g/mol. The van der Waals surface area contributed by atoms with Crippen LogP contribution in [-0.4, -0.2) is 69.5 Å². The van der Waals surface area contributed by atoms with Gasteiger partial charge < -0.3 is 10.6 Å². The number of sulfone groups is 1. The number of nitrogens with one attached hydrogen (secondary N) is 2. The van der Waals surface area contributed by atoms with Crippen molar-refractivity contribution in [3.8, 4) is 0 Å². The summed E-state index contributed by atoms with van der Waals surface area (Å²) in [6.45, 7) is 6.43. The number of nitrogens with zero attached hydrogens (tertiary/aromatic N) is 2. The number of halogens is 1. The Hall–Kier alpha value is -0.0900. The predicted molar refractivity (Wildman–Crippen MR) is 120 cm³/mol. The van der Waals surface area contributed by atoms with Gasteiger partial charge in [-0.15, -0.1) is 24.0 Å². The number of likely N-dealkylation sites (tertiary alicyclic amines) is 1. The van der Waals surface area contributed by atoms with Crippen molar-refractivity contribution >= 4 is 39.8 Å². The molecule has 0 aromatic heterocycles. The smallest absolute Gasteiger partial charge is 0.191 e. The van der Waals surface area contributed by atoms with Crippen molar-refractivity contribution < 1.29 is 8.42 Å². The highest BCUT2D eigenvalue weighted by molar-refractivity contribution is 14.0. The Morgan fingerprint density at radius 2 is 1.65 bits per heavy atom. The quantitative estimate of drug-likeness (QED) is 0.319. The van der Waals surface area contributed by atoms with Crippen LogP contribution in [0.4, 0.5) is 0 Å². The molecule has 2 aliphatic rings. The maximum absolute atomic E-state index is 11.3. The third-order valence-electron chi connectivity index (χ3n) is 5.45. The molecule has 6 nitrogen and oxygen atoms in total. The average molecular weight is 500 g/mol. The van der Waals surface area contributed by atoms with Crippen molar-refractivity contribution in [2.24, 2.45) is 4.99 Å². The Kier molecular flexibility index (Phi) is 10.8. The minimum Gasteiger partial charge on any atom is -0.357 e. The van der Waals surface area contributed by atoms with Crippen LogP contribution in [-0.2, 0) is 9.84 Å². The minimum atomic E-state index is -2.95. The van der Waals surface area contributed by atoms with E-state index in [0.717, 1.165) is 19.0 Å². The van der Waals surface area contributed by atoms with Crippen molar-refractivity contribution in [1.82, 2.24) is 15.5 Å². The van der Waals surface area contributed by atoms with Gasteiger partial charge >= 0.3 is 0 Å². The Morgan fingerprint density at radius 3 is 2.23 bits per heavy atom. The van der Waals surface area contributed by atoms with Crippen LogP contribution in [0, 0.1) is 0 Å². The van der Waals surface area contributed by atoms with E-state index in [9.17, 15) is 8.42 Å². The number of hydrogen-bond acceptors (Lipinski definition) is 4. The lowest BCUT2D eigenvalue weighted by Gasteiger charge is -2.47. The molecule has 0 unspecified atom stereocenters. The van der Waals surface area contributed by atoms with E-state index in [4.69, 9.17) is 4.99 Å². The van der Waals surface area contributed by atoms with Crippen molar-refractivity contribution in [3.63, 3.8) is 0 Å². The van der Waals surface area contributed by atoms with E-state index in [0.29, 0.717) is 6.54 Å². The highest BCUT2D eigenvalue weighted by atomic mass is 127. The topological polar surface area (TPSA) is 73.8 Å². The van der Waals surface area contributed by atoms with E-state index in [1.54, 1.807) is 0 Å². The number of rotatable bonds is 7. The Balaban J connectivity index is 0.00000338. The number of piperidine rings is 1. The Bertz CT molecular complexity index is 527. The molecule has 0 aromatic rings. The molecule has 1 saturated carbocycles. The zero-order valence-corrected chi connectivity index (χ0v) is 19.6. The minimum absolute atomic E-state index is 0. The van der Waals surface area contributed by atoms with E-state index in [1.807, 2.05) is 6.92 Å². The summed E-state index contributed by atoms with van der Waals surface area (Å²) in [5.74, 6) is 0.877. The average Bonchev–Trinajstić information content (AvgIpc) is 2.60. The predicted octanol–water partition coefficient (Wildman–Crippen LogP) is 2.39. The van der Waals surface area contributed by atoms with Gasteiger partial charge in [-0.2, -0.15) is 0 Å². The zero-order chi connectivity index (χ0) is 18.2. The van der Waals surface area contributed by atoms with Crippen LogP contribution in [0.5, 0.6) is 0 Å². The Morgan fingerprint density at radius 1 is 1.04 bits per heavy atom. The van der Waals surface area contributed by atoms with Crippen molar-refractivity contribution in [2.75, 3.05) is 44.7 Å². The fraction of sp³-hybridized carbons (Fsp3) is 0.944. The first-order valence-corrected chi connectivity index (χ1v) is 12.0. The molecule has 2 fully saturated rings. The second-order valence-corrected chi connectivity index (χ2v) is 9.84. The van der Waals surface area contributed by atoms with E-state index in [1.165, 1.54) is 70.7 Å². The van der Waals surface area contributed by atoms with Crippen LogP contribution in [0.1, 0.15) is 58.3 Å². The zero-order valence-electron chi connectivity index (χ0n) is 16.4. The lowest BCUT2D eigenvalue weighted by atomic mass is 9.79. The summed E-state index contributed by atoms with van der Waals surface area (Å²) in [5.41, 5.74) is 0.206. The monoisotopic (exact) mass is 500 g/mol. The molecule has 1 heterocycles. The molecule has 1 aliphatic carbocycles. The second kappa shape index (κ2) is 11.7. The van der Waals surface area contributed by atoms with E-state index < -0.39 is 9.84 Å². The van der Waals surface area contributed by atoms with Gasteiger partial charge in [-0.05, 0) is 45.7 Å². The highest BCUT2D eigenvalue weighted by Crippen LogP contribution is 2.35. The second-order valence-electron chi connectivity index (χ2n) is 7.58. The van der Waals surface area contributed by atoms with Gasteiger partial charge in [-0.25, -0.2) is 8.42 Å². The summed E-state index contributed by atoms with van der Waals surface area (Å²) >= 11 is 0. The van der Waals surface area contributed by atoms with Crippen molar-refractivity contribution in [1.29, 1.82) is 0 Å². The van der Waals surface area contributed by atoms with E-state index in [-0.39, 0.29) is 35.3 Å². The van der Waals surface area contributed by atoms with E-state index >= 15 is 0 Å². The molecule has 0 radical (unpaired) electrons. The molecule has 1 saturated heterocycles. The summed E-state index contributed by atoms with van der Waals surface area (Å²) in [7, 11) is -2.95. The largest absolute Gasteiger partial charge is 0.357 e.